The van der Waals surface area contributed by atoms with Gasteiger partial charge in [-0.25, -0.2) is 0 Å². The van der Waals surface area contributed by atoms with Crippen LogP contribution in [0.5, 0.6) is 5.75 Å². The predicted octanol–water partition coefficient (Wildman–Crippen LogP) is 5.73. The molecule has 0 aliphatic carbocycles. The molecule has 3 aromatic rings. The lowest BCUT2D eigenvalue weighted by Crippen LogP contribution is -2.05. The number of benzene rings is 2. The Morgan fingerprint density at radius 1 is 1.04 bits per heavy atom. The van der Waals surface area contributed by atoms with E-state index in [1.807, 2.05) is 18.2 Å². The molecular formula is C20H23N3OS2. The minimum atomic E-state index is 0.345. The molecule has 0 saturated heterocycles. The van der Waals surface area contributed by atoms with E-state index in [0.29, 0.717) is 5.92 Å². The molecule has 3 rings (SSSR count). The third-order valence-corrected chi connectivity index (χ3v) is 6.38. The number of rotatable bonds is 8. The first kappa shape index (κ1) is 18.9. The second-order valence-corrected chi connectivity index (χ2v) is 8.28. The second-order valence-electron chi connectivity index (χ2n) is 6.01. The van der Waals surface area contributed by atoms with Crippen molar-refractivity contribution in [3.8, 4) is 11.4 Å². The van der Waals surface area contributed by atoms with Crippen molar-refractivity contribution in [2.45, 2.75) is 37.1 Å². The van der Waals surface area contributed by atoms with Crippen LogP contribution in [0, 0.1) is 0 Å². The van der Waals surface area contributed by atoms with Gasteiger partial charge in [0, 0.05) is 17.4 Å². The second kappa shape index (κ2) is 9.14. The van der Waals surface area contributed by atoms with Crippen molar-refractivity contribution in [3.63, 3.8) is 0 Å². The van der Waals surface area contributed by atoms with Gasteiger partial charge < -0.3 is 4.74 Å². The molecule has 6 heteroatoms. The van der Waals surface area contributed by atoms with E-state index < -0.39 is 0 Å². The molecule has 0 N–H and O–H groups in total. The highest BCUT2D eigenvalue weighted by atomic mass is 33.1. The van der Waals surface area contributed by atoms with Gasteiger partial charge >= 0.3 is 0 Å². The average molecular weight is 386 g/mol. The Hall–Kier alpha value is -1.92. The van der Waals surface area contributed by atoms with Crippen LogP contribution < -0.4 is 4.74 Å². The maximum atomic E-state index is 5.28. The summed E-state index contributed by atoms with van der Waals surface area (Å²) in [5.41, 5.74) is 2.37. The summed E-state index contributed by atoms with van der Waals surface area (Å²) < 4.78 is 7.44. The van der Waals surface area contributed by atoms with Crippen LogP contribution >= 0.6 is 21.6 Å². The summed E-state index contributed by atoms with van der Waals surface area (Å²) in [6, 6.07) is 18.5. The Bertz CT molecular complexity index is 819. The smallest absolute Gasteiger partial charge is 0.206 e. The summed E-state index contributed by atoms with van der Waals surface area (Å²) in [6.07, 6.45) is 1.02. The van der Waals surface area contributed by atoms with Crippen molar-refractivity contribution in [1.82, 2.24) is 14.8 Å². The van der Waals surface area contributed by atoms with Crippen LogP contribution in [0.2, 0.25) is 0 Å². The van der Waals surface area contributed by atoms with Crippen molar-refractivity contribution >= 4 is 21.6 Å². The lowest BCUT2D eigenvalue weighted by molar-refractivity contribution is 0.414. The largest absolute Gasteiger partial charge is 0.497 e. The van der Waals surface area contributed by atoms with Crippen molar-refractivity contribution in [2.24, 2.45) is 0 Å². The molecule has 2 aromatic carbocycles. The SMILES string of the molecule is CCC(C)c1nnc(SSCc2ccccc2)n1-c1ccc(OC)cc1. The number of methoxy groups -OCH3 is 1. The molecule has 0 bridgehead atoms. The Morgan fingerprint density at radius 2 is 1.77 bits per heavy atom. The van der Waals surface area contributed by atoms with E-state index in [4.69, 9.17) is 4.74 Å². The van der Waals surface area contributed by atoms with Crippen molar-refractivity contribution < 1.29 is 4.74 Å². The zero-order valence-corrected chi connectivity index (χ0v) is 16.9. The highest BCUT2D eigenvalue weighted by molar-refractivity contribution is 8.76. The highest BCUT2D eigenvalue weighted by Crippen LogP contribution is 2.36. The van der Waals surface area contributed by atoms with Gasteiger partial charge in [0.1, 0.15) is 11.6 Å². The fourth-order valence-corrected chi connectivity index (χ4v) is 4.60. The lowest BCUT2D eigenvalue weighted by Gasteiger charge is -2.13. The first-order valence-corrected chi connectivity index (χ1v) is 11.0. The molecule has 0 aliphatic heterocycles. The Kier molecular flexibility index (Phi) is 6.63. The third kappa shape index (κ3) is 4.43. The Morgan fingerprint density at radius 3 is 2.42 bits per heavy atom. The van der Waals surface area contributed by atoms with Gasteiger partial charge in [-0.1, -0.05) is 55.0 Å². The number of aromatic nitrogens is 3. The van der Waals surface area contributed by atoms with Crippen LogP contribution in [-0.2, 0) is 5.75 Å². The van der Waals surface area contributed by atoms with Gasteiger partial charge in [-0.15, -0.1) is 10.2 Å². The maximum Gasteiger partial charge on any atom is 0.206 e. The molecule has 0 aliphatic rings. The summed E-state index contributed by atoms with van der Waals surface area (Å²) in [7, 11) is 5.13. The first-order chi connectivity index (χ1) is 12.7. The summed E-state index contributed by atoms with van der Waals surface area (Å²) in [5.74, 6) is 3.12. The van der Waals surface area contributed by atoms with Gasteiger partial charge in [0.2, 0.25) is 5.16 Å². The van der Waals surface area contributed by atoms with Gasteiger partial charge in [-0.05, 0) is 47.0 Å². The van der Waals surface area contributed by atoms with E-state index in [2.05, 4.69) is 65.0 Å². The normalized spacial score (nSPS) is 12.1. The molecule has 1 heterocycles. The first-order valence-electron chi connectivity index (χ1n) is 8.66. The zero-order chi connectivity index (χ0) is 18.4. The maximum absolute atomic E-state index is 5.28. The molecule has 0 fully saturated rings. The predicted molar refractivity (Wildman–Crippen MR) is 110 cm³/mol. The minimum absolute atomic E-state index is 0.345. The van der Waals surface area contributed by atoms with Gasteiger partial charge in [0.15, 0.2) is 0 Å². The molecule has 136 valence electrons. The zero-order valence-electron chi connectivity index (χ0n) is 15.3. The van der Waals surface area contributed by atoms with Crippen LogP contribution in [0.4, 0.5) is 0 Å². The van der Waals surface area contributed by atoms with Gasteiger partial charge in [-0.3, -0.25) is 4.57 Å². The van der Waals surface area contributed by atoms with Crippen LogP contribution in [0.1, 0.15) is 37.6 Å². The van der Waals surface area contributed by atoms with E-state index in [1.165, 1.54) is 5.56 Å². The molecule has 0 radical (unpaired) electrons. The third-order valence-electron chi connectivity index (χ3n) is 4.24. The molecule has 26 heavy (non-hydrogen) atoms. The molecule has 1 atom stereocenters. The molecule has 4 nitrogen and oxygen atoms in total. The Labute approximate surface area is 162 Å². The van der Waals surface area contributed by atoms with Crippen LogP contribution in [0.3, 0.4) is 0 Å². The average Bonchev–Trinajstić information content (AvgIpc) is 3.12. The van der Waals surface area contributed by atoms with Crippen molar-refractivity contribution in [2.75, 3.05) is 7.11 Å². The van der Waals surface area contributed by atoms with Gasteiger partial charge in [0.25, 0.3) is 0 Å². The van der Waals surface area contributed by atoms with Crippen LogP contribution in [-0.4, -0.2) is 21.9 Å². The number of hydrogen-bond donors (Lipinski definition) is 0. The molecular weight excluding hydrogens is 362 g/mol. The highest BCUT2D eigenvalue weighted by Gasteiger charge is 2.18. The molecule has 0 spiro atoms. The van der Waals surface area contributed by atoms with E-state index >= 15 is 0 Å². The summed E-state index contributed by atoms with van der Waals surface area (Å²) in [6.45, 7) is 4.37. The number of nitrogens with zero attached hydrogens (tertiary/aromatic N) is 3. The molecule has 1 aromatic heterocycles. The van der Waals surface area contributed by atoms with Crippen molar-refractivity contribution in [1.29, 1.82) is 0 Å². The molecule has 1 unspecified atom stereocenters. The van der Waals surface area contributed by atoms with Crippen molar-refractivity contribution in [3.05, 3.63) is 66.0 Å². The molecule has 0 amide bonds. The van der Waals surface area contributed by atoms with Crippen LogP contribution in [0.15, 0.2) is 59.8 Å². The fourth-order valence-electron chi connectivity index (χ4n) is 2.54. The minimum Gasteiger partial charge on any atom is -0.497 e. The van der Waals surface area contributed by atoms with E-state index in [-0.39, 0.29) is 0 Å². The summed E-state index contributed by atoms with van der Waals surface area (Å²) >= 11 is 0. The fraction of sp³-hybridized carbons (Fsp3) is 0.300. The summed E-state index contributed by atoms with van der Waals surface area (Å²) in [5, 5.41) is 9.85. The monoisotopic (exact) mass is 385 g/mol. The summed E-state index contributed by atoms with van der Waals surface area (Å²) in [4.78, 5) is 0. The van der Waals surface area contributed by atoms with Gasteiger partial charge in [0.05, 0.1) is 7.11 Å². The Balaban J connectivity index is 1.83. The topological polar surface area (TPSA) is 39.9 Å². The standard InChI is InChI=1S/C20H23N3OS2/c1-4-15(2)19-21-22-20(26-25-14-16-8-6-5-7-9-16)23(19)17-10-12-18(24-3)13-11-17/h5-13,15H,4,14H2,1-3H3. The van der Waals surface area contributed by atoms with Gasteiger partial charge in [-0.2, -0.15) is 0 Å². The van der Waals surface area contributed by atoms with Crippen LogP contribution in [0.25, 0.3) is 5.69 Å². The number of hydrogen-bond acceptors (Lipinski definition) is 5. The van der Waals surface area contributed by atoms with E-state index in [9.17, 15) is 0 Å². The van der Waals surface area contributed by atoms with E-state index in [0.717, 1.165) is 34.6 Å². The lowest BCUT2D eigenvalue weighted by atomic mass is 10.1. The number of ether oxygens (including phenoxy) is 1. The van der Waals surface area contributed by atoms with E-state index in [1.54, 1.807) is 28.7 Å². The molecule has 0 saturated carbocycles. The quantitative estimate of drug-likeness (QED) is 0.463.